The van der Waals surface area contributed by atoms with E-state index >= 15 is 0 Å². The lowest BCUT2D eigenvalue weighted by atomic mass is 10.1. The predicted molar refractivity (Wildman–Crippen MR) is 50.2 cm³/mol. The van der Waals surface area contributed by atoms with Gasteiger partial charge in [-0.2, -0.15) is 0 Å². The van der Waals surface area contributed by atoms with Gasteiger partial charge in [0, 0.05) is 11.8 Å². The standard InChI is InChI=1S/C8H12ClNS/c1-6(2)3-8-10-7(4-9)5-11-8/h5-6H,3-4H2,1-2H3. The normalized spacial score (nSPS) is 10.9. The van der Waals surface area contributed by atoms with Crippen LogP contribution in [0.5, 0.6) is 0 Å². The molecule has 1 nitrogen and oxygen atoms in total. The third-order valence-corrected chi connectivity index (χ3v) is 2.51. The maximum Gasteiger partial charge on any atom is 0.0931 e. The highest BCUT2D eigenvalue weighted by molar-refractivity contribution is 7.09. The van der Waals surface area contributed by atoms with Crippen molar-refractivity contribution in [3.8, 4) is 0 Å². The van der Waals surface area contributed by atoms with E-state index in [1.807, 2.05) is 5.38 Å². The highest BCUT2D eigenvalue weighted by atomic mass is 35.5. The third kappa shape index (κ3) is 2.80. The van der Waals surface area contributed by atoms with Gasteiger partial charge in [-0.25, -0.2) is 4.98 Å². The SMILES string of the molecule is CC(C)Cc1nc(CCl)cs1. The Labute approximate surface area is 76.4 Å². The van der Waals surface area contributed by atoms with Crippen molar-refractivity contribution in [2.24, 2.45) is 5.92 Å². The molecule has 0 spiro atoms. The van der Waals surface area contributed by atoms with E-state index in [0.717, 1.165) is 12.1 Å². The van der Waals surface area contributed by atoms with Gasteiger partial charge in [-0.15, -0.1) is 22.9 Å². The minimum atomic E-state index is 0.536. The Morgan fingerprint density at radius 3 is 2.82 bits per heavy atom. The lowest BCUT2D eigenvalue weighted by molar-refractivity contribution is 0.643. The Bertz CT molecular complexity index is 220. The van der Waals surface area contributed by atoms with Crippen molar-refractivity contribution < 1.29 is 0 Å². The number of rotatable bonds is 3. The van der Waals surface area contributed by atoms with Gasteiger partial charge in [-0.3, -0.25) is 0 Å². The highest BCUT2D eigenvalue weighted by Crippen LogP contribution is 2.15. The van der Waals surface area contributed by atoms with E-state index in [2.05, 4.69) is 18.8 Å². The number of alkyl halides is 1. The molecular weight excluding hydrogens is 178 g/mol. The monoisotopic (exact) mass is 189 g/mol. The van der Waals surface area contributed by atoms with E-state index in [-0.39, 0.29) is 0 Å². The Kier molecular flexibility index (Phi) is 3.34. The quantitative estimate of drug-likeness (QED) is 0.666. The first-order valence-electron chi connectivity index (χ1n) is 3.71. The van der Waals surface area contributed by atoms with Gasteiger partial charge in [0.25, 0.3) is 0 Å². The fraction of sp³-hybridized carbons (Fsp3) is 0.625. The number of halogens is 1. The zero-order valence-electron chi connectivity index (χ0n) is 6.80. The average Bonchev–Trinajstić information content (AvgIpc) is 2.34. The van der Waals surface area contributed by atoms with Crippen molar-refractivity contribution in [1.82, 2.24) is 4.98 Å². The van der Waals surface area contributed by atoms with Gasteiger partial charge in [0.1, 0.15) is 0 Å². The summed E-state index contributed by atoms with van der Waals surface area (Å²) >= 11 is 7.33. The van der Waals surface area contributed by atoms with Gasteiger partial charge in [-0.05, 0) is 5.92 Å². The summed E-state index contributed by atoms with van der Waals surface area (Å²) in [5.74, 6) is 1.22. The van der Waals surface area contributed by atoms with Crippen molar-refractivity contribution in [3.05, 3.63) is 16.1 Å². The van der Waals surface area contributed by atoms with Gasteiger partial charge in [0.2, 0.25) is 0 Å². The van der Waals surface area contributed by atoms with Crippen LogP contribution in [0.1, 0.15) is 24.5 Å². The van der Waals surface area contributed by atoms with Crippen molar-refractivity contribution in [2.75, 3.05) is 0 Å². The second kappa shape index (κ2) is 4.07. The van der Waals surface area contributed by atoms with Crippen molar-refractivity contribution >= 4 is 22.9 Å². The number of nitrogens with zero attached hydrogens (tertiary/aromatic N) is 1. The number of aromatic nitrogens is 1. The molecular formula is C8H12ClNS. The van der Waals surface area contributed by atoms with E-state index in [1.165, 1.54) is 5.01 Å². The second-order valence-electron chi connectivity index (χ2n) is 2.96. The average molecular weight is 190 g/mol. The smallest absolute Gasteiger partial charge is 0.0931 e. The molecule has 0 fully saturated rings. The summed E-state index contributed by atoms with van der Waals surface area (Å²) in [5.41, 5.74) is 1.01. The Hall–Kier alpha value is -0.0800. The highest BCUT2D eigenvalue weighted by Gasteiger charge is 2.02. The molecule has 0 bridgehead atoms. The minimum Gasteiger partial charge on any atom is -0.245 e. The molecule has 0 aliphatic carbocycles. The molecule has 1 rings (SSSR count). The van der Waals surface area contributed by atoms with Crippen LogP contribution in [-0.2, 0) is 12.3 Å². The molecule has 62 valence electrons. The summed E-state index contributed by atoms with van der Waals surface area (Å²) in [6, 6.07) is 0. The molecule has 0 atom stereocenters. The van der Waals surface area contributed by atoms with Gasteiger partial charge in [0.15, 0.2) is 0 Å². The number of hydrogen-bond acceptors (Lipinski definition) is 2. The lowest BCUT2D eigenvalue weighted by Crippen LogP contribution is -1.92. The summed E-state index contributed by atoms with van der Waals surface area (Å²) in [4.78, 5) is 4.36. The zero-order chi connectivity index (χ0) is 8.27. The molecule has 0 aliphatic rings. The molecule has 0 amide bonds. The van der Waals surface area contributed by atoms with Crippen LogP contribution >= 0.6 is 22.9 Å². The molecule has 0 radical (unpaired) electrons. The van der Waals surface area contributed by atoms with Crippen LogP contribution in [0, 0.1) is 5.92 Å². The van der Waals surface area contributed by atoms with Gasteiger partial charge >= 0.3 is 0 Å². The second-order valence-corrected chi connectivity index (χ2v) is 4.17. The van der Waals surface area contributed by atoms with Crippen LogP contribution in [0.25, 0.3) is 0 Å². The maximum atomic E-state index is 5.62. The van der Waals surface area contributed by atoms with Crippen molar-refractivity contribution in [1.29, 1.82) is 0 Å². The van der Waals surface area contributed by atoms with Gasteiger partial charge in [0.05, 0.1) is 16.6 Å². The summed E-state index contributed by atoms with van der Waals surface area (Å²) < 4.78 is 0. The molecule has 0 aliphatic heterocycles. The largest absolute Gasteiger partial charge is 0.245 e. The van der Waals surface area contributed by atoms with Crippen LogP contribution < -0.4 is 0 Å². The Morgan fingerprint density at radius 2 is 2.36 bits per heavy atom. The zero-order valence-corrected chi connectivity index (χ0v) is 8.37. The fourth-order valence-electron chi connectivity index (χ4n) is 0.853. The van der Waals surface area contributed by atoms with E-state index in [0.29, 0.717) is 11.8 Å². The topological polar surface area (TPSA) is 12.9 Å². The van der Waals surface area contributed by atoms with Crippen LogP contribution in [-0.4, -0.2) is 4.98 Å². The lowest BCUT2D eigenvalue weighted by Gasteiger charge is -1.97. The molecule has 0 aromatic carbocycles. The number of thiazole rings is 1. The summed E-state index contributed by atoms with van der Waals surface area (Å²) in [6.45, 7) is 4.39. The van der Waals surface area contributed by atoms with E-state index in [9.17, 15) is 0 Å². The van der Waals surface area contributed by atoms with Crippen LogP contribution in [0.15, 0.2) is 5.38 Å². The maximum absolute atomic E-state index is 5.62. The molecule has 11 heavy (non-hydrogen) atoms. The van der Waals surface area contributed by atoms with E-state index in [4.69, 9.17) is 11.6 Å². The molecule has 1 aromatic rings. The van der Waals surface area contributed by atoms with Crippen LogP contribution in [0.2, 0.25) is 0 Å². The first-order valence-corrected chi connectivity index (χ1v) is 5.13. The summed E-state index contributed by atoms with van der Waals surface area (Å²) in [6.07, 6.45) is 1.07. The Balaban J connectivity index is 2.58. The van der Waals surface area contributed by atoms with Crippen molar-refractivity contribution in [2.45, 2.75) is 26.1 Å². The van der Waals surface area contributed by atoms with Crippen molar-refractivity contribution in [3.63, 3.8) is 0 Å². The molecule has 0 saturated heterocycles. The van der Waals surface area contributed by atoms with Gasteiger partial charge in [-0.1, -0.05) is 13.8 Å². The molecule has 0 unspecified atom stereocenters. The first-order chi connectivity index (χ1) is 5.22. The van der Waals surface area contributed by atoms with E-state index < -0.39 is 0 Å². The Morgan fingerprint density at radius 1 is 1.64 bits per heavy atom. The third-order valence-electron chi connectivity index (χ3n) is 1.32. The van der Waals surface area contributed by atoms with Crippen LogP contribution in [0.3, 0.4) is 0 Å². The number of hydrogen-bond donors (Lipinski definition) is 0. The van der Waals surface area contributed by atoms with E-state index in [1.54, 1.807) is 11.3 Å². The van der Waals surface area contributed by atoms with Crippen LogP contribution in [0.4, 0.5) is 0 Å². The molecule has 1 aromatic heterocycles. The summed E-state index contributed by atoms with van der Waals surface area (Å²) in [7, 11) is 0. The predicted octanol–water partition coefficient (Wildman–Crippen LogP) is 3.08. The summed E-state index contributed by atoms with van der Waals surface area (Å²) in [5, 5.41) is 3.24. The fourth-order valence-corrected chi connectivity index (χ4v) is 2.09. The molecule has 3 heteroatoms. The molecule has 0 saturated carbocycles. The minimum absolute atomic E-state index is 0.536. The molecule has 0 N–H and O–H groups in total. The first kappa shape index (κ1) is 9.01. The van der Waals surface area contributed by atoms with Gasteiger partial charge < -0.3 is 0 Å². The molecule has 1 heterocycles.